The van der Waals surface area contributed by atoms with Gasteiger partial charge in [0.2, 0.25) is 0 Å². The van der Waals surface area contributed by atoms with Crippen LogP contribution in [0.15, 0.2) is 76.1 Å². The van der Waals surface area contributed by atoms with Crippen molar-refractivity contribution in [1.29, 1.82) is 0 Å². The monoisotopic (exact) mass is 561 g/mol. The summed E-state index contributed by atoms with van der Waals surface area (Å²) in [5, 5.41) is 0.115. The number of amides is 2. The molecule has 0 radical (unpaired) electrons. The molecule has 1 saturated heterocycles. The van der Waals surface area contributed by atoms with E-state index in [1.165, 1.54) is 12.1 Å². The normalized spacial score (nSPS) is 14.7. The van der Waals surface area contributed by atoms with Gasteiger partial charge in [0.05, 0.1) is 20.9 Å². The zero-order valence-corrected chi connectivity index (χ0v) is 20.8. The Bertz CT molecular complexity index is 1250. The van der Waals surface area contributed by atoms with E-state index in [-0.39, 0.29) is 36.7 Å². The van der Waals surface area contributed by atoms with Crippen LogP contribution < -0.4 is 9.47 Å². The van der Waals surface area contributed by atoms with E-state index in [4.69, 9.17) is 21.1 Å². The Morgan fingerprint density at radius 1 is 1.00 bits per heavy atom. The van der Waals surface area contributed by atoms with Crippen LogP contribution in [0.5, 0.6) is 11.5 Å². The van der Waals surface area contributed by atoms with Crippen LogP contribution in [0.25, 0.3) is 6.08 Å². The van der Waals surface area contributed by atoms with Crippen LogP contribution in [0.4, 0.5) is 9.18 Å². The van der Waals surface area contributed by atoms with Gasteiger partial charge in [-0.1, -0.05) is 41.9 Å². The predicted molar refractivity (Wildman–Crippen MR) is 134 cm³/mol. The van der Waals surface area contributed by atoms with Crippen molar-refractivity contribution in [3.05, 3.63) is 98.1 Å². The van der Waals surface area contributed by atoms with E-state index in [9.17, 15) is 14.0 Å². The predicted octanol–water partition coefficient (Wildman–Crippen LogP) is 6.94. The largest absolute Gasteiger partial charge is 0.490 e. The van der Waals surface area contributed by atoms with E-state index >= 15 is 0 Å². The lowest BCUT2D eigenvalue weighted by Crippen LogP contribution is -2.32. The molecule has 174 valence electrons. The minimum Gasteiger partial charge on any atom is -0.490 e. The number of halogens is 3. The van der Waals surface area contributed by atoms with Crippen molar-refractivity contribution in [3.8, 4) is 11.5 Å². The molecule has 1 fully saturated rings. The first-order valence-electron chi connectivity index (χ1n) is 10.2. The Hall–Kier alpha value is -2.81. The molecule has 3 aromatic carbocycles. The third-order valence-corrected chi connectivity index (χ3v) is 6.68. The highest BCUT2D eigenvalue weighted by molar-refractivity contribution is 9.10. The summed E-state index contributed by atoms with van der Waals surface area (Å²) < 4.78 is 25.1. The maximum absolute atomic E-state index is 13.0. The van der Waals surface area contributed by atoms with Gasteiger partial charge in [0.25, 0.3) is 11.1 Å². The average Bonchev–Trinajstić information content (AvgIpc) is 3.08. The van der Waals surface area contributed by atoms with Gasteiger partial charge in [-0.3, -0.25) is 14.5 Å². The lowest BCUT2D eigenvalue weighted by atomic mass is 10.2. The summed E-state index contributed by atoms with van der Waals surface area (Å²) in [7, 11) is 0. The number of rotatable bonds is 8. The Balaban J connectivity index is 1.36. The fourth-order valence-electron chi connectivity index (χ4n) is 3.12. The maximum Gasteiger partial charge on any atom is 0.293 e. The van der Waals surface area contributed by atoms with Gasteiger partial charge < -0.3 is 9.47 Å². The summed E-state index contributed by atoms with van der Waals surface area (Å²) in [6.07, 6.45) is 1.66. The van der Waals surface area contributed by atoms with Crippen LogP contribution in [-0.2, 0) is 11.4 Å². The molecular weight excluding hydrogens is 545 g/mol. The fourth-order valence-corrected chi connectivity index (χ4v) is 4.68. The topological polar surface area (TPSA) is 55.8 Å². The SMILES string of the molecule is O=C1S/C(=C\c2ccc(OCc3ccc(F)cc3)c(Br)c2)C(=O)N1CCOc1ccccc1Cl. The zero-order chi connectivity index (χ0) is 24.1. The molecule has 0 bridgehead atoms. The van der Waals surface area contributed by atoms with Crippen LogP contribution in [0.2, 0.25) is 5.02 Å². The van der Waals surface area contributed by atoms with Crippen LogP contribution in [0.1, 0.15) is 11.1 Å². The average molecular weight is 563 g/mol. The molecule has 1 aliphatic heterocycles. The van der Waals surface area contributed by atoms with Crippen LogP contribution in [0.3, 0.4) is 0 Å². The fraction of sp³-hybridized carbons (Fsp3) is 0.120. The molecule has 3 aromatic rings. The number of nitrogens with zero attached hydrogens (tertiary/aromatic N) is 1. The van der Waals surface area contributed by atoms with E-state index in [2.05, 4.69) is 15.9 Å². The Morgan fingerprint density at radius 2 is 1.76 bits per heavy atom. The number of hydrogen-bond donors (Lipinski definition) is 0. The van der Waals surface area contributed by atoms with Gasteiger partial charge in [-0.25, -0.2) is 4.39 Å². The van der Waals surface area contributed by atoms with E-state index in [1.54, 1.807) is 60.7 Å². The van der Waals surface area contributed by atoms with Gasteiger partial charge in [-0.05, 0) is 81.3 Å². The summed E-state index contributed by atoms with van der Waals surface area (Å²) in [5.74, 6) is 0.432. The second-order valence-electron chi connectivity index (χ2n) is 7.22. The number of carbonyl (C=O) groups excluding carboxylic acids is 2. The van der Waals surface area contributed by atoms with Crippen molar-refractivity contribution in [3.63, 3.8) is 0 Å². The van der Waals surface area contributed by atoms with Crippen molar-refractivity contribution in [1.82, 2.24) is 4.90 Å². The second-order valence-corrected chi connectivity index (χ2v) is 9.47. The second kappa shape index (κ2) is 11.1. The van der Waals surface area contributed by atoms with Crippen LogP contribution in [0, 0.1) is 5.82 Å². The number of benzene rings is 3. The number of hydrogen-bond acceptors (Lipinski definition) is 5. The molecule has 0 unspecified atom stereocenters. The summed E-state index contributed by atoms with van der Waals surface area (Å²) in [6.45, 7) is 0.543. The van der Waals surface area contributed by atoms with E-state index < -0.39 is 0 Å². The minimum absolute atomic E-state index is 0.118. The maximum atomic E-state index is 13.0. The van der Waals surface area contributed by atoms with E-state index in [0.717, 1.165) is 27.8 Å². The highest BCUT2D eigenvalue weighted by Crippen LogP contribution is 2.34. The molecule has 4 rings (SSSR count). The standard InChI is InChI=1S/C25H18BrClFNO4S/c26-19-13-17(7-10-21(19)33-15-16-5-8-18(28)9-6-16)14-23-24(30)29(25(31)34-23)11-12-32-22-4-2-1-3-20(22)27/h1-10,13-14H,11-12,15H2/b23-14-. The van der Waals surface area contributed by atoms with Gasteiger partial charge >= 0.3 is 0 Å². The highest BCUT2D eigenvalue weighted by atomic mass is 79.9. The van der Waals surface area contributed by atoms with Crippen LogP contribution in [-0.4, -0.2) is 29.2 Å². The van der Waals surface area contributed by atoms with Crippen molar-refractivity contribution < 1.29 is 23.5 Å². The Kier molecular flexibility index (Phi) is 7.92. The van der Waals surface area contributed by atoms with Gasteiger partial charge in [-0.15, -0.1) is 0 Å². The molecule has 5 nitrogen and oxygen atoms in total. The lowest BCUT2D eigenvalue weighted by molar-refractivity contribution is -0.123. The molecular formula is C25H18BrClFNO4S. The Morgan fingerprint density at radius 3 is 2.50 bits per heavy atom. The zero-order valence-electron chi connectivity index (χ0n) is 17.7. The molecule has 0 spiro atoms. The summed E-state index contributed by atoms with van der Waals surface area (Å²) in [6, 6.07) is 18.5. The van der Waals surface area contributed by atoms with Crippen molar-refractivity contribution >= 4 is 56.5 Å². The first-order valence-corrected chi connectivity index (χ1v) is 12.2. The van der Waals surface area contributed by atoms with Gasteiger partial charge in [0.1, 0.15) is 30.5 Å². The lowest BCUT2D eigenvalue weighted by Gasteiger charge is -2.13. The minimum atomic E-state index is -0.370. The van der Waals surface area contributed by atoms with Crippen molar-refractivity contribution in [2.45, 2.75) is 6.61 Å². The van der Waals surface area contributed by atoms with Crippen molar-refractivity contribution in [2.75, 3.05) is 13.2 Å². The van der Waals surface area contributed by atoms with Gasteiger partial charge in [0.15, 0.2) is 0 Å². The highest BCUT2D eigenvalue weighted by Gasteiger charge is 2.34. The molecule has 34 heavy (non-hydrogen) atoms. The van der Waals surface area contributed by atoms with E-state index in [1.807, 2.05) is 0 Å². The first-order chi connectivity index (χ1) is 16.4. The summed E-state index contributed by atoms with van der Waals surface area (Å²) in [5.41, 5.74) is 1.57. The number of imide groups is 1. The molecule has 0 aromatic heterocycles. The molecule has 0 saturated carbocycles. The van der Waals surface area contributed by atoms with Crippen LogP contribution >= 0.6 is 39.3 Å². The summed E-state index contributed by atoms with van der Waals surface area (Å²) in [4.78, 5) is 26.6. The molecule has 9 heteroatoms. The molecule has 1 aliphatic rings. The Labute approximate surface area is 213 Å². The summed E-state index contributed by atoms with van der Waals surface area (Å²) >= 11 is 10.4. The third kappa shape index (κ3) is 6.00. The molecule has 1 heterocycles. The number of thioether (sulfide) groups is 1. The smallest absolute Gasteiger partial charge is 0.293 e. The molecule has 0 N–H and O–H groups in total. The first kappa shape index (κ1) is 24.3. The molecule has 0 aliphatic carbocycles. The van der Waals surface area contributed by atoms with Crippen molar-refractivity contribution in [2.24, 2.45) is 0 Å². The van der Waals surface area contributed by atoms with Gasteiger partial charge in [0, 0.05) is 0 Å². The molecule has 0 atom stereocenters. The third-order valence-electron chi connectivity index (χ3n) is 4.84. The van der Waals surface area contributed by atoms with E-state index in [0.29, 0.717) is 25.9 Å². The number of para-hydroxylation sites is 1. The quantitative estimate of drug-likeness (QED) is 0.279. The number of ether oxygens (including phenoxy) is 2. The number of carbonyl (C=O) groups is 2. The molecule has 2 amide bonds. The van der Waals surface area contributed by atoms with Gasteiger partial charge in [-0.2, -0.15) is 0 Å².